The maximum atomic E-state index is 10.0. The summed E-state index contributed by atoms with van der Waals surface area (Å²) < 4.78 is 0. The van der Waals surface area contributed by atoms with Crippen LogP contribution in [-0.4, -0.2) is 24.5 Å². The van der Waals surface area contributed by atoms with Crippen molar-refractivity contribution in [1.29, 1.82) is 0 Å². The Morgan fingerprint density at radius 3 is 1.46 bits per heavy atom. The molecule has 0 saturated carbocycles. The lowest BCUT2D eigenvalue weighted by atomic mass is 10.2. The molecule has 1 aromatic rings. The first-order valence-electron chi connectivity index (χ1n) is 7.88. The standard InChI is InChI=1S/C9H10.C5H8O.C4H7NO.C4H6O/c1-3-9-6-4-8(2)5-7-9;1-4(2)5(3)6;1-3-4(6)5-2;1-3-4(2)5/h3-7H,1H2,2H3;1H2,2-3H3;3H,1H2,2H3,(H,5,6);3H,1H2,2H3. The molecule has 1 aromatic carbocycles. The number of nitrogens with one attached hydrogen (secondary N) is 1. The molecule has 0 aromatic heterocycles. The van der Waals surface area contributed by atoms with Crippen molar-refractivity contribution in [2.75, 3.05) is 7.05 Å². The number of Topliss-reactive ketones (excluding diaryl/α,β-unsaturated/α-hetero) is 1. The Labute approximate surface area is 158 Å². The van der Waals surface area contributed by atoms with Crippen LogP contribution in [0.1, 0.15) is 31.9 Å². The van der Waals surface area contributed by atoms with Crippen molar-refractivity contribution in [2.45, 2.75) is 27.7 Å². The van der Waals surface area contributed by atoms with Gasteiger partial charge in [-0.2, -0.15) is 0 Å². The summed E-state index contributed by atoms with van der Waals surface area (Å²) in [5, 5.41) is 2.36. The minimum Gasteiger partial charge on any atom is -0.356 e. The predicted octanol–water partition coefficient (Wildman–Crippen LogP) is 4.47. The van der Waals surface area contributed by atoms with Crippen molar-refractivity contribution >= 4 is 23.5 Å². The van der Waals surface area contributed by atoms with Crippen molar-refractivity contribution in [1.82, 2.24) is 5.32 Å². The van der Waals surface area contributed by atoms with Crippen LogP contribution in [-0.2, 0) is 14.4 Å². The molecule has 26 heavy (non-hydrogen) atoms. The lowest BCUT2D eigenvalue weighted by Gasteiger charge is -1.91. The number of ketones is 2. The van der Waals surface area contributed by atoms with E-state index in [1.54, 1.807) is 14.0 Å². The van der Waals surface area contributed by atoms with E-state index in [4.69, 9.17) is 0 Å². The molecule has 0 atom stereocenters. The molecule has 1 amide bonds. The Hall–Kier alpha value is -3.01. The molecule has 0 unspecified atom stereocenters. The maximum absolute atomic E-state index is 10.0. The Morgan fingerprint density at radius 2 is 1.31 bits per heavy atom. The van der Waals surface area contributed by atoms with Gasteiger partial charge in [0.25, 0.3) is 0 Å². The minimum atomic E-state index is -0.144. The molecule has 0 spiro atoms. The van der Waals surface area contributed by atoms with Crippen LogP contribution in [0.25, 0.3) is 6.08 Å². The molecule has 4 heteroatoms. The predicted molar refractivity (Wildman–Crippen MR) is 112 cm³/mol. The van der Waals surface area contributed by atoms with Gasteiger partial charge in [0, 0.05) is 7.05 Å². The smallest absolute Gasteiger partial charge is 0.243 e. The van der Waals surface area contributed by atoms with Crippen LogP contribution < -0.4 is 5.32 Å². The van der Waals surface area contributed by atoms with Crippen molar-refractivity contribution in [3.8, 4) is 0 Å². The number of allylic oxidation sites excluding steroid dienone is 2. The summed E-state index contributed by atoms with van der Waals surface area (Å²) in [6.07, 6.45) is 4.35. The van der Waals surface area contributed by atoms with Gasteiger partial charge in [-0.3, -0.25) is 14.4 Å². The molecule has 1 rings (SSSR count). The van der Waals surface area contributed by atoms with Crippen molar-refractivity contribution in [2.24, 2.45) is 0 Å². The molecule has 142 valence electrons. The normalized spacial score (nSPS) is 7.73. The second-order valence-electron chi connectivity index (χ2n) is 5.08. The van der Waals surface area contributed by atoms with Crippen molar-refractivity contribution < 1.29 is 14.4 Å². The van der Waals surface area contributed by atoms with E-state index >= 15 is 0 Å². The lowest BCUT2D eigenvalue weighted by Crippen LogP contribution is -2.13. The molecular formula is C22H31NO3. The van der Waals surface area contributed by atoms with Crippen LogP contribution in [0.15, 0.2) is 68.3 Å². The number of rotatable bonds is 4. The zero-order chi connectivity index (χ0) is 21.1. The van der Waals surface area contributed by atoms with E-state index in [-0.39, 0.29) is 17.5 Å². The molecule has 0 heterocycles. The molecule has 0 fully saturated rings. The molecule has 0 aliphatic heterocycles. The van der Waals surface area contributed by atoms with E-state index in [0.29, 0.717) is 5.57 Å². The lowest BCUT2D eigenvalue weighted by molar-refractivity contribution is -0.116. The Bertz CT molecular complexity index is 596. The third kappa shape index (κ3) is 23.3. The first-order chi connectivity index (χ1) is 12.0. The highest BCUT2D eigenvalue weighted by atomic mass is 16.1. The Kier molecular flexibility index (Phi) is 19.6. The second-order valence-corrected chi connectivity index (χ2v) is 5.08. The highest BCUT2D eigenvalue weighted by Crippen LogP contribution is 2.02. The van der Waals surface area contributed by atoms with Crippen molar-refractivity contribution in [3.05, 3.63) is 79.4 Å². The number of hydrogen-bond acceptors (Lipinski definition) is 3. The number of likely N-dealkylation sites (N-methyl/N-ethyl adjacent to an activating group) is 1. The van der Waals surface area contributed by atoms with Gasteiger partial charge >= 0.3 is 0 Å². The van der Waals surface area contributed by atoms with E-state index in [1.165, 1.54) is 37.1 Å². The van der Waals surface area contributed by atoms with Gasteiger partial charge in [0.2, 0.25) is 5.91 Å². The van der Waals surface area contributed by atoms with Crippen LogP contribution in [0.3, 0.4) is 0 Å². The first kappa shape index (κ1) is 27.8. The molecule has 4 nitrogen and oxygen atoms in total. The van der Waals surface area contributed by atoms with Gasteiger partial charge < -0.3 is 5.32 Å². The number of amides is 1. The number of benzene rings is 1. The average molecular weight is 357 g/mol. The zero-order valence-electron chi connectivity index (χ0n) is 16.6. The molecule has 0 radical (unpaired) electrons. The Morgan fingerprint density at radius 1 is 0.923 bits per heavy atom. The van der Waals surface area contributed by atoms with Crippen LogP contribution in [0.5, 0.6) is 0 Å². The summed E-state index contributed by atoms with van der Waals surface area (Å²) >= 11 is 0. The summed E-state index contributed by atoms with van der Waals surface area (Å²) in [5.74, 6) is -0.0602. The first-order valence-corrected chi connectivity index (χ1v) is 7.88. The SMILES string of the molecule is C=C(C)C(C)=O.C=CC(=O)NC.C=CC(C)=O.C=Cc1ccc(C)cc1. The summed E-state index contributed by atoms with van der Waals surface area (Å²) in [6, 6.07) is 8.28. The maximum Gasteiger partial charge on any atom is 0.243 e. The molecule has 1 N–H and O–H groups in total. The van der Waals surface area contributed by atoms with Crippen LogP contribution in [0.2, 0.25) is 0 Å². The van der Waals surface area contributed by atoms with Crippen molar-refractivity contribution in [3.63, 3.8) is 0 Å². The van der Waals surface area contributed by atoms with E-state index in [9.17, 15) is 14.4 Å². The van der Waals surface area contributed by atoms with Gasteiger partial charge in [-0.1, -0.05) is 62.2 Å². The highest BCUT2D eigenvalue weighted by molar-refractivity contribution is 5.91. The minimum absolute atomic E-state index is 0.0185. The van der Waals surface area contributed by atoms with E-state index in [0.717, 1.165) is 0 Å². The topological polar surface area (TPSA) is 63.2 Å². The quantitative estimate of drug-likeness (QED) is 0.809. The average Bonchev–Trinajstić information content (AvgIpc) is 2.63. The number of hydrogen-bond donors (Lipinski definition) is 1. The second kappa shape index (κ2) is 18.3. The Balaban J connectivity index is -0.000000281. The van der Waals surface area contributed by atoms with Gasteiger partial charge in [-0.25, -0.2) is 0 Å². The van der Waals surface area contributed by atoms with Gasteiger partial charge in [-0.05, 0) is 51.0 Å². The summed E-state index contributed by atoms with van der Waals surface area (Å²) in [7, 11) is 1.56. The van der Waals surface area contributed by atoms with Gasteiger partial charge in [0.15, 0.2) is 11.6 Å². The van der Waals surface area contributed by atoms with Crippen LogP contribution in [0.4, 0.5) is 0 Å². The van der Waals surface area contributed by atoms with Crippen LogP contribution in [0, 0.1) is 6.92 Å². The van der Waals surface area contributed by atoms with E-state index in [2.05, 4.69) is 62.8 Å². The highest BCUT2D eigenvalue weighted by Gasteiger charge is 1.86. The number of carbonyl (C=O) groups excluding carboxylic acids is 3. The van der Waals surface area contributed by atoms with Gasteiger partial charge in [0.1, 0.15) is 0 Å². The fourth-order valence-corrected chi connectivity index (χ4v) is 0.805. The fraction of sp³-hybridized carbons (Fsp3) is 0.227. The summed E-state index contributed by atoms with van der Waals surface area (Å²) in [6.45, 7) is 20.2. The monoisotopic (exact) mass is 357 g/mol. The van der Waals surface area contributed by atoms with Gasteiger partial charge in [-0.15, -0.1) is 0 Å². The third-order valence-corrected chi connectivity index (χ3v) is 2.63. The largest absolute Gasteiger partial charge is 0.356 e. The molecule has 0 aliphatic rings. The fourth-order valence-electron chi connectivity index (χ4n) is 0.805. The molecule has 0 bridgehead atoms. The van der Waals surface area contributed by atoms with Crippen LogP contribution >= 0.6 is 0 Å². The number of aryl methyl sites for hydroxylation is 1. The summed E-state index contributed by atoms with van der Waals surface area (Å²) in [5.41, 5.74) is 3.09. The number of carbonyl (C=O) groups is 3. The van der Waals surface area contributed by atoms with E-state index in [1.807, 2.05) is 6.08 Å². The van der Waals surface area contributed by atoms with E-state index < -0.39 is 0 Å². The summed E-state index contributed by atoms with van der Waals surface area (Å²) in [4.78, 5) is 29.7. The zero-order valence-corrected chi connectivity index (χ0v) is 16.6. The third-order valence-electron chi connectivity index (χ3n) is 2.63. The molecule has 0 saturated heterocycles. The molecule has 0 aliphatic carbocycles. The van der Waals surface area contributed by atoms with Gasteiger partial charge in [0.05, 0.1) is 0 Å². The molecular weight excluding hydrogens is 326 g/mol.